The number of hydrogen-bond acceptors (Lipinski definition) is 2. The summed E-state index contributed by atoms with van der Waals surface area (Å²) >= 11 is 4.83. The van der Waals surface area contributed by atoms with Gasteiger partial charge in [-0.15, -0.1) is 0 Å². The van der Waals surface area contributed by atoms with Crippen molar-refractivity contribution in [1.29, 1.82) is 0 Å². The van der Waals surface area contributed by atoms with Gasteiger partial charge in [0.2, 0.25) is 5.91 Å². The van der Waals surface area contributed by atoms with Gasteiger partial charge >= 0.3 is 0 Å². The molecule has 0 aromatic heterocycles. The van der Waals surface area contributed by atoms with Gasteiger partial charge in [-0.25, -0.2) is 0 Å². The summed E-state index contributed by atoms with van der Waals surface area (Å²) in [5, 5.41) is 0. The Morgan fingerprint density at radius 1 is 1.47 bits per heavy atom. The zero-order valence-electron chi connectivity index (χ0n) is 11.2. The first-order valence-corrected chi connectivity index (χ1v) is 6.77. The van der Waals surface area contributed by atoms with Gasteiger partial charge in [0.25, 0.3) is 0 Å². The second-order valence-corrected chi connectivity index (χ2v) is 6.55. The summed E-state index contributed by atoms with van der Waals surface area (Å²) in [4.78, 5) is 14.4. The predicted molar refractivity (Wildman–Crippen MR) is 74.8 cm³/mol. The Hall–Kier alpha value is -0.640. The molecule has 17 heavy (non-hydrogen) atoms. The summed E-state index contributed by atoms with van der Waals surface area (Å²) in [7, 11) is 0. The van der Waals surface area contributed by atoms with E-state index in [9.17, 15) is 4.79 Å². The van der Waals surface area contributed by atoms with Gasteiger partial charge in [-0.2, -0.15) is 0 Å². The van der Waals surface area contributed by atoms with Gasteiger partial charge in [0.1, 0.15) is 0 Å². The van der Waals surface area contributed by atoms with E-state index in [1.807, 2.05) is 4.90 Å². The summed E-state index contributed by atoms with van der Waals surface area (Å²) in [5.41, 5.74) is 5.67. The number of nitrogens with zero attached hydrogens (tertiary/aromatic N) is 1. The third-order valence-corrected chi connectivity index (χ3v) is 3.74. The van der Waals surface area contributed by atoms with Crippen molar-refractivity contribution in [2.24, 2.45) is 17.1 Å². The normalized spacial score (nSPS) is 21.0. The first-order chi connectivity index (χ1) is 7.80. The van der Waals surface area contributed by atoms with Crippen LogP contribution in [0.1, 0.15) is 46.5 Å². The third kappa shape index (κ3) is 4.62. The van der Waals surface area contributed by atoms with Gasteiger partial charge in [0, 0.05) is 19.5 Å². The van der Waals surface area contributed by atoms with Gasteiger partial charge in [-0.3, -0.25) is 4.79 Å². The monoisotopic (exact) mass is 256 g/mol. The molecule has 3 nitrogen and oxygen atoms in total. The molecule has 1 unspecified atom stereocenters. The lowest BCUT2D eigenvalue weighted by Crippen LogP contribution is -2.28. The first-order valence-electron chi connectivity index (χ1n) is 6.37. The highest BCUT2D eigenvalue weighted by Crippen LogP contribution is 2.34. The Morgan fingerprint density at radius 2 is 2.12 bits per heavy atom. The van der Waals surface area contributed by atoms with Crippen LogP contribution in [0.15, 0.2) is 0 Å². The number of likely N-dealkylation sites (tertiary alicyclic amines) is 1. The molecule has 1 fully saturated rings. The molecule has 0 radical (unpaired) electrons. The highest BCUT2D eigenvalue weighted by molar-refractivity contribution is 7.80. The van der Waals surface area contributed by atoms with Crippen molar-refractivity contribution in [3.63, 3.8) is 0 Å². The third-order valence-electron chi connectivity index (χ3n) is 3.54. The van der Waals surface area contributed by atoms with E-state index in [1.165, 1.54) is 0 Å². The molecule has 1 atom stereocenters. The average Bonchev–Trinajstić information content (AvgIpc) is 2.54. The van der Waals surface area contributed by atoms with E-state index in [4.69, 9.17) is 18.0 Å². The van der Waals surface area contributed by atoms with Crippen molar-refractivity contribution < 1.29 is 4.79 Å². The molecular formula is C13H24N2OS. The zero-order chi connectivity index (χ0) is 13.1. The van der Waals surface area contributed by atoms with Crippen molar-refractivity contribution in [3.8, 4) is 0 Å². The maximum absolute atomic E-state index is 11.8. The lowest BCUT2D eigenvalue weighted by Gasteiger charge is -2.26. The van der Waals surface area contributed by atoms with Crippen molar-refractivity contribution in [2.75, 3.05) is 13.1 Å². The van der Waals surface area contributed by atoms with Crippen molar-refractivity contribution in [3.05, 3.63) is 0 Å². The molecule has 98 valence electrons. The van der Waals surface area contributed by atoms with Crippen molar-refractivity contribution in [2.45, 2.75) is 46.5 Å². The van der Waals surface area contributed by atoms with E-state index < -0.39 is 0 Å². The second-order valence-electron chi connectivity index (χ2n) is 6.03. The molecule has 1 rings (SSSR count). The molecule has 0 aromatic carbocycles. The Bertz CT molecular complexity index is 296. The summed E-state index contributed by atoms with van der Waals surface area (Å²) in [6.45, 7) is 8.40. The zero-order valence-corrected chi connectivity index (χ0v) is 12.0. The van der Waals surface area contributed by atoms with Crippen LogP contribution in [0.25, 0.3) is 0 Å². The maximum atomic E-state index is 11.8. The van der Waals surface area contributed by atoms with Gasteiger partial charge in [-0.05, 0) is 30.6 Å². The van der Waals surface area contributed by atoms with Crippen molar-refractivity contribution in [1.82, 2.24) is 4.90 Å². The van der Waals surface area contributed by atoms with Crippen LogP contribution in [-0.4, -0.2) is 28.9 Å². The molecule has 1 aliphatic rings. The minimum atomic E-state index is 0.225. The van der Waals surface area contributed by atoms with Gasteiger partial charge in [0.15, 0.2) is 0 Å². The Labute approximate surface area is 110 Å². The average molecular weight is 256 g/mol. The molecule has 0 saturated carbocycles. The van der Waals surface area contributed by atoms with Crippen molar-refractivity contribution >= 4 is 23.1 Å². The molecule has 1 heterocycles. The quantitative estimate of drug-likeness (QED) is 0.606. The molecular weight excluding hydrogens is 232 g/mol. The molecule has 4 heteroatoms. The Balaban J connectivity index is 2.31. The number of unbranched alkanes of at least 4 members (excludes halogenated alkanes) is 1. The minimum absolute atomic E-state index is 0.225. The van der Waals surface area contributed by atoms with Crippen LogP contribution in [0.3, 0.4) is 0 Å². The predicted octanol–water partition coefficient (Wildman–Crippen LogP) is 2.34. The SMILES string of the molecule is CC(C)(C)C1CC(=O)N(CCCCC(N)=S)C1. The molecule has 1 aliphatic heterocycles. The van der Waals surface area contributed by atoms with Crippen LogP contribution in [-0.2, 0) is 4.79 Å². The number of carbonyl (C=O) groups excluding carboxylic acids is 1. The molecule has 1 amide bonds. The summed E-state index contributed by atoms with van der Waals surface area (Å²) in [6, 6.07) is 0. The lowest BCUT2D eigenvalue weighted by atomic mass is 9.80. The second kappa shape index (κ2) is 5.80. The van der Waals surface area contributed by atoms with Crippen LogP contribution in [0, 0.1) is 11.3 Å². The largest absolute Gasteiger partial charge is 0.393 e. The lowest BCUT2D eigenvalue weighted by molar-refractivity contribution is -0.127. The van der Waals surface area contributed by atoms with E-state index in [2.05, 4.69) is 20.8 Å². The van der Waals surface area contributed by atoms with E-state index in [0.29, 0.717) is 23.2 Å². The first kappa shape index (κ1) is 14.4. The van der Waals surface area contributed by atoms with E-state index in [0.717, 1.165) is 32.4 Å². The number of carbonyl (C=O) groups is 1. The topological polar surface area (TPSA) is 46.3 Å². The Kier molecular flexibility index (Phi) is 4.92. The van der Waals surface area contributed by atoms with E-state index in [-0.39, 0.29) is 5.41 Å². The van der Waals surface area contributed by atoms with Gasteiger partial charge in [0.05, 0.1) is 4.99 Å². The fourth-order valence-electron chi connectivity index (χ4n) is 2.17. The number of hydrogen-bond donors (Lipinski definition) is 1. The smallest absolute Gasteiger partial charge is 0.222 e. The van der Waals surface area contributed by atoms with Crippen LogP contribution in [0.2, 0.25) is 0 Å². The standard InChI is InChI=1S/C13H24N2OS/c1-13(2,3)10-8-12(16)15(9-10)7-5-4-6-11(14)17/h10H,4-9H2,1-3H3,(H2,14,17). The fourth-order valence-corrected chi connectivity index (χ4v) is 2.31. The number of nitrogens with two attached hydrogens (primary N) is 1. The van der Waals surface area contributed by atoms with Crippen LogP contribution in [0.4, 0.5) is 0 Å². The summed E-state index contributed by atoms with van der Waals surface area (Å²) < 4.78 is 0. The van der Waals surface area contributed by atoms with Crippen LogP contribution in [0.5, 0.6) is 0 Å². The molecule has 1 saturated heterocycles. The molecule has 0 spiro atoms. The summed E-state index contributed by atoms with van der Waals surface area (Å²) in [6.07, 6.45) is 3.48. The number of amides is 1. The Morgan fingerprint density at radius 3 is 2.59 bits per heavy atom. The molecule has 0 aromatic rings. The van der Waals surface area contributed by atoms with Gasteiger partial charge < -0.3 is 10.6 Å². The molecule has 0 bridgehead atoms. The highest BCUT2D eigenvalue weighted by atomic mass is 32.1. The minimum Gasteiger partial charge on any atom is -0.393 e. The summed E-state index contributed by atoms with van der Waals surface area (Å²) in [5.74, 6) is 0.797. The van der Waals surface area contributed by atoms with E-state index >= 15 is 0 Å². The highest BCUT2D eigenvalue weighted by Gasteiger charge is 2.36. The van der Waals surface area contributed by atoms with E-state index in [1.54, 1.807) is 0 Å². The maximum Gasteiger partial charge on any atom is 0.222 e. The fraction of sp³-hybridized carbons (Fsp3) is 0.846. The van der Waals surface area contributed by atoms with Gasteiger partial charge in [-0.1, -0.05) is 33.0 Å². The number of rotatable bonds is 5. The molecule has 2 N–H and O–H groups in total. The molecule has 0 aliphatic carbocycles. The van der Waals surface area contributed by atoms with Crippen LogP contribution < -0.4 is 5.73 Å². The number of thiocarbonyl (C=S) groups is 1. The van der Waals surface area contributed by atoms with Crippen LogP contribution >= 0.6 is 12.2 Å².